The van der Waals surface area contributed by atoms with Crippen molar-refractivity contribution < 1.29 is 9.32 Å². The van der Waals surface area contributed by atoms with Crippen LogP contribution in [0.1, 0.15) is 29.1 Å². The average Bonchev–Trinajstić information content (AvgIpc) is 2.95. The molecule has 0 bridgehead atoms. The monoisotopic (exact) mass is 266 g/mol. The van der Waals surface area contributed by atoms with Crippen LogP contribution < -0.4 is 0 Å². The highest BCUT2D eigenvalue weighted by Gasteiger charge is 2.15. The number of carbonyl (C=O) groups excluding carboxylic acids is 1. The van der Waals surface area contributed by atoms with Crippen LogP contribution in [0.4, 0.5) is 0 Å². The summed E-state index contributed by atoms with van der Waals surface area (Å²) in [4.78, 5) is 16.1. The van der Waals surface area contributed by atoms with Gasteiger partial charge in [-0.3, -0.25) is 9.48 Å². The number of hydrogen-bond acceptors (Lipinski definition) is 6. The molecule has 0 saturated heterocycles. The van der Waals surface area contributed by atoms with Gasteiger partial charge >= 0.3 is 0 Å². The minimum atomic E-state index is -0.0756. The zero-order chi connectivity index (χ0) is 13.0. The summed E-state index contributed by atoms with van der Waals surface area (Å²) in [5.41, 5.74) is 0.540. The first-order chi connectivity index (χ1) is 8.70. The number of ketones is 1. The molecule has 96 valence electrons. The summed E-state index contributed by atoms with van der Waals surface area (Å²) < 4.78 is 6.58. The Balaban J connectivity index is 1.99. The fourth-order valence-electron chi connectivity index (χ4n) is 1.49. The number of carbonyl (C=O) groups is 1. The van der Waals surface area contributed by atoms with Gasteiger partial charge in [-0.25, -0.2) is 0 Å². The fraction of sp³-hybridized carbons (Fsp3) is 0.455. The van der Waals surface area contributed by atoms with E-state index in [0.29, 0.717) is 23.2 Å². The second kappa shape index (κ2) is 5.81. The van der Waals surface area contributed by atoms with Crippen LogP contribution in [-0.2, 0) is 19.2 Å². The van der Waals surface area contributed by atoms with Gasteiger partial charge in [0.2, 0.25) is 5.89 Å². The van der Waals surface area contributed by atoms with Crippen LogP contribution in [0.15, 0.2) is 16.8 Å². The van der Waals surface area contributed by atoms with E-state index in [4.69, 9.17) is 4.52 Å². The molecule has 0 amide bonds. The summed E-state index contributed by atoms with van der Waals surface area (Å²) in [6.07, 6.45) is 1.70. The number of hydrogen-bond donors (Lipinski definition) is 0. The summed E-state index contributed by atoms with van der Waals surface area (Å²) >= 11 is 1.71. The summed E-state index contributed by atoms with van der Waals surface area (Å²) in [5, 5.41) is 7.78. The van der Waals surface area contributed by atoms with Crippen molar-refractivity contribution >= 4 is 17.5 Å². The first-order valence-corrected chi connectivity index (χ1v) is 6.76. The van der Waals surface area contributed by atoms with Crippen molar-refractivity contribution in [2.24, 2.45) is 7.05 Å². The van der Waals surface area contributed by atoms with Gasteiger partial charge in [-0.05, 0) is 11.8 Å². The molecule has 7 heteroatoms. The second-order valence-electron chi connectivity index (χ2n) is 3.68. The number of aryl methyl sites for hydroxylation is 1. The van der Waals surface area contributed by atoms with Gasteiger partial charge in [-0.2, -0.15) is 21.8 Å². The van der Waals surface area contributed by atoms with Crippen molar-refractivity contribution in [1.82, 2.24) is 19.9 Å². The van der Waals surface area contributed by atoms with E-state index in [2.05, 4.69) is 22.2 Å². The van der Waals surface area contributed by atoms with Crippen molar-refractivity contribution in [3.8, 4) is 0 Å². The Morgan fingerprint density at radius 2 is 2.39 bits per heavy atom. The van der Waals surface area contributed by atoms with E-state index in [1.165, 1.54) is 4.68 Å². The van der Waals surface area contributed by atoms with Crippen molar-refractivity contribution in [2.75, 3.05) is 5.75 Å². The van der Waals surface area contributed by atoms with Crippen LogP contribution in [0.2, 0.25) is 0 Å². The molecule has 0 fully saturated rings. The highest BCUT2D eigenvalue weighted by atomic mass is 32.2. The molecule has 0 unspecified atom stereocenters. The van der Waals surface area contributed by atoms with Crippen LogP contribution in [0, 0.1) is 0 Å². The minimum Gasteiger partial charge on any atom is -0.339 e. The SMILES string of the molecule is CCSCc1noc(CC(=O)c2ccnn2C)n1. The normalized spacial score (nSPS) is 10.8. The van der Waals surface area contributed by atoms with Gasteiger partial charge in [0.25, 0.3) is 0 Å². The first kappa shape index (κ1) is 12.8. The second-order valence-corrected chi connectivity index (χ2v) is 4.96. The lowest BCUT2D eigenvalue weighted by molar-refractivity contribution is 0.0974. The Kier molecular flexibility index (Phi) is 4.14. The van der Waals surface area contributed by atoms with Gasteiger partial charge in [0.05, 0.1) is 12.2 Å². The highest BCUT2D eigenvalue weighted by Crippen LogP contribution is 2.10. The van der Waals surface area contributed by atoms with E-state index in [9.17, 15) is 4.79 Å². The molecule has 0 aliphatic carbocycles. The van der Waals surface area contributed by atoms with Crippen molar-refractivity contribution in [2.45, 2.75) is 19.1 Å². The molecule has 0 aromatic carbocycles. The molecule has 2 heterocycles. The molecule has 2 rings (SSSR count). The van der Waals surface area contributed by atoms with Gasteiger partial charge in [-0.15, -0.1) is 0 Å². The Morgan fingerprint density at radius 1 is 1.56 bits per heavy atom. The van der Waals surface area contributed by atoms with E-state index < -0.39 is 0 Å². The standard InChI is InChI=1S/C11H14N4O2S/c1-3-18-7-10-13-11(17-14-10)6-9(16)8-4-5-12-15(8)2/h4-5H,3,6-7H2,1-2H3. The number of rotatable bonds is 6. The van der Waals surface area contributed by atoms with E-state index in [0.717, 1.165) is 5.75 Å². The number of aromatic nitrogens is 4. The Hall–Kier alpha value is -1.63. The van der Waals surface area contributed by atoms with Crippen LogP contribution in [-0.4, -0.2) is 31.5 Å². The van der Waals surface area contributed by atoms with Crippen LogP contribution in [0.5, 0.6) is 0 Å². The van der Waals surface area contributed by atoms with Crippen molar-refractivity contribution in [3.05, 3.63) is 29.7 Å². The van der Waals surface area contributed by atoms with Crippen molar-refractivity contribution in [3.63, 3.8) is 0 Å². The number of nitrogens with zero attached hydrogens (tertiary/aromatic N) is 4. The third-order valence-corrected chi connectivity index (χ3v) is 3.23. The molecule has 0 radical (unpaired) electrons. The molecule has 0 aliphatic heterocycles. The predicted octanol–water partition coefficient (Wildman–Crippen LogP) is 1.48. The van der Waals surface area contributed by atoms with E-state index in [1.807, 2.05) is 0 Å². The van der Waals surface area contributed by atoms with Gasteiger partial charge in [0, 0.05) is 13.2 Å². The first-order valence-electron chi connectivity index (χ1n) is 5.61. The lowest BCUT2D eigenvalue weighted by Gasteiger charge is -1.97. The van der Waals surface area contributed by atoms with Gasteiger partial charge in [-0.1, -0.05) is 12.1 Å². The topological polar surface area (TPSA) is 73.8 Å². The molecule has 0 spiro atoms. The van der Waals surface area contributed by atoms with Crippen LogP contribution in [0.3, 0.4) is 0 Å². The Morgan fingerprint density at radius 3 is 3.06 bits per heavy atom. The summed E-state index contributed by atoms with van der Waals surface area (Å²) in [5.74, 6) is 2.62. The third-order valence-electron chi connectivity index (χ3n) is 2.36. The average molecular weight is 266 g/mol. The molecule has 2 aromatic heterocycles. The smallest absolute Gasteiger partial charge is 0.234 e. The van der Waals surface area contributed by atoms with Gasteiger partial charge in [0.15, 0.2) is 11.6 Å². The highest BCUT2D eigenvalue weighted by molar-refractivity contribution is 7.98. The van der Waals surface area contributed by atoms with Crippen molar-refractivity contribution in [1.29, 1.82) is 0 Å². The summed E-state index contributed by atoms with van der Waals surface area (Å²) in [7, 11) is 1.73. The van der Waals surface area contributed by atoms with Crippen LogP contribution in [0.25, 0.3) is 0 Å². The zero-order valence-electron chi connectivity index (χ0n) is 10.3. The Bertz CT molecular complexity index is 535. The maximum Gasteiger partial charge on any atom is 0.234 e. The maximum absolute atomic E-state index is 11.9. The largest absolute Gasteiger partial charge is 0.339 e. The lowest BCUT2D eigenvalue weighted by atomic mass is 10.2. The molecule has 2 aromatic rings. The molecular weight excluding hydrogens is 252 g/mol. The molecular formula is C11H14N4O2S. The molecule has 0 atom stereocenters. The zero-order valence-corrected chi connectivity index (χ0v) is 11.1. The molecule has 0 saturated carbocycles. The van der Waals surface area contributed by atoms with Gasteiger partial charge in [0.1, 0.15) is 5.69 Å². The van der Waals surface area contributed by atoms with E-state index >= 15 is 0 Å². The number of thioether (sulfide) groups is 1. The quantitative estimate of drug-likeness (QED) is 0.737. The molecule has 18 heavy (non-hydrogen) atoms. The third kappa shape index (κ3) is 2.98. The molecule has 0 N–H and O–H groups in total. The fourth-order valence-corrected chi connectivity index (χ4v) is 1.99. The predicted molar refractivity (Wildman–Crippen MR) is 67.4 cm³/mol. The van der Waals surface area contributed by atoms with Crippen LogP contribution >= 0.6 is 11.8 Å². The minimum absolute atomic E-state index is 0.0756. The maximum atomic E-state index is 11.9. The van der Waals surface area contributed by atoms with E-state index in [-0.39, 0.29) is 12.2 Å². The summed E-state index contributed by atoms with van der Waals surface area (Å²) in [6.45, 7) is 2.07. The van der Waals surface area contributed by atoms with E-state index in [1.54, 1.807) is 31.1 Å². The number of Topliss-reactive ketones (excluding diaryl/α,β-unsaturated/α-hetero) is 1. The molecule has 6 nitrogen and oxygen atoms in total. The summed E-state index contributed by atoms with van der Waals surface area (Å²) in [6, 6.07) is 1.67. The molecule has 0 aliphatic rings. The van der Waals surface area contributed by atoms with Gasteiger partial charge < -0.3 is 4.52 Å². The lowest BCUT2D eigenvalue weighted by Crippen LogP contribution is -2.09. The Labute approximate surface area is 109 Å².